The molecule has 1 aliphatic heterocycles. The fourth-order valence-electron chi connectivity index (χ4n) is 3.73. The maximum Gasteiger partial charge on any atom is 0.525 e. The average molecular weight is 503 g/mol. The number of imide groups is 1. The van der Waals surface area contributed by atoms with Crippen LogP contribution >= 0.6 is 0 Å². The summed E-state index contributed by atoms with van der Waals surface area (Å²) in [4.78, 5) is 25.5. The Morgan fingerprint density at radius 1 is 0.829 bits per heavy atom. The second-order valence-corrected chi connectivity index (χ2v) is 10.5. The van der Waals surface area contributed by atoms with E-state index in [1.165, 1.54) is 23.8 Å². The van der Waals surface area contributed by atoms with E-state index in [2.05, 4.69) is 25.1 Å². The Hall–Kier alpha value is -3.50. The van der Waals surface area contributed by atoms with Crippen molar-refractivity contribution in [2.45, 2.75) is 31.7 Å². The first kappa shape index (κ1) is 24.6. The van der Waals surface area contributed by atoms with E-state index in [-0.39, 0.29) is 27.0 Å². The smallest absolute Gasteiger partial charge is 0.266 e. The summed E-state index contributed by atoms with van der Waals surface area (Å²) in [6.07, 6.45) is 3.65. The predicted octanol–water partition coefficient (Wildman–Crippen LogP) is 5.68. The van der Waals surface area contributed by atoms with Crippen LogP contribution in [-0.2, 0) is 19.8 Å². The average Bonchev–Trinajstić information content (AvgIpc) is 2.78. The highest BCUT2D eigenvalue weighted by Crippen LogP contribution is 2.35. The van der Waals surface area contributed by atoms with Crippen molar-refractivity contribution in [2.75, 3.05) is 0 Å². The lowest BCUT2D eigenvalue weighted by atomic mass is 9.86. The molecule has 3 aromatic rings. The molecule has 0 bridgehead atoms. The predicted molar refractivity (Wildman–Crippen MR) is 125 cm³/mol. The summed E-state index contributed by atoms with van der Waals surface area (Å²) < 4.78 is 65.0. The molecule has 0 atom stereocenters. The zero-order chi connectivity index (χ0) is 25.8. The second-order valence-electron chi connectivity index (χ2n) is 9.01. The van der Waals surface area contributed by atoms with Gasteiger partial charge in [0.05, 0.1) is 11.1 Å². The molecular weight excluding hydrogens is 483 g/mol. The molecule has 0 unspecified atom stereocenters. The summed E-state index contributed by atoms with van der Waals surface area (Å²) in [7, 11) is -6.22. The first-order valence-corrected chi connectivity index (χ1v) is 11.9. The number of hydrogen-bond acceptors (Lipinski definition) is 5. The van der Waals surface area contributed by atoms with E-state index in [1.54, 1.807) is 18.2 Å². The lowest BCUT2D eigenvalue weighted by molar-refractivity contribution is -0.0761. The van der Waals surface area contributed by atoms with Crippen molar-refractivity contribution in [3.05, 3.63) is 82.4 Å². The fraction of sp³-hybridized carbons (Fsp3) is 0.200. The van der Waals surface area contributed by atoms with Crippen LogP contribution in [0.25, 0.3) is 22.9 Å². The Kier molecular flexibility index (Phi) is 5.85. The van der Waals surface area contributed by atoms with Crippen LogP contribution in [0.3, 0.4) is 0 Å². The number of hydroxylamine groups is 2. The number of alkyl halides is 3. The topological polar surface area (TPSA) is 80.8 Å². The zero-order valence-electron chi connectivity index (χ0n) is 18.9. The molecule has 182 valence electrons. The number of carbonyl (C=O) groups excluding carboxylic acids is 2. The molecule has 6 nitrogen and oxygen atoms in total. The maximum absolute atomic E-state index is 12.8. The Morgan fingerprint density at radius 3 is 2.00 bits per heavy atom. The standard InChI is InChI=1S/C25H20F3NO5S/c1-24(2,3)17-12-8-15(9-13-17)7-10-16-11-14-20-21-18(16)5-4-6-19(21)22(30)29(23(20)31)34-35(32,33)25(26,27)28/h4-14H,1-3H3/b10-7+. The Balaban J connectivity index is 1.73. The molecule has 0 radical (unpaired) electrons. The summed E-state index contributed by atoms with van der Waals surface area (Å²) in [6, 6.07) is 15.3. The van der Waals surface area contributed by atoms with Crippen molar-refractivity contribution >= 4 is 44.9 Å². The van der Waals surface area contributed by atoms with Gasteiger partial charge in [-0.1, -0.05) is 75.4 Å². The van der Waals surface area contributed by atoms with E-state index in [0.717, 1.165) is 5.56 Å². The van der Waals surface area contributed by atoms with Gasteiger partial charge in [-0.15, -0.1) is 9.35 Å². The minimum atomic E-state index is -6.22. The number of carbonyl (C=O) groups is 2. The molecule has 0 spiro atoms. The molecule has 0 saturated carbocycles. The molecular formula is C25H20F3NO5S. The Morgan fingerprint density at radius 2 is 1.43 bits per heavy atom. The molecule has 0 N–H and O–H groups in total. The fourth-order valence-corrected chi connectivity index (χ4v) is 4.15. The van der Waals surface area contributed by atoms with Gasteiger partial charge in [0.15, 0.2) is 0 Å². The van der Waals surface area contributed by atoms with Crippen LogP contribution in [0.15, 0.2) is 54.6 Å². The lowest BCUT2D eigenvalue weighted by Gasteiger charge is -2.26. The molecule has 0 aromatic heterocycles. The van der Waals surface area contributed by atoms with Crippen LogP contribution in [0.2, 0.25) is 0 Å². The summed E-state index contributed by atoms with van der Waals surface area (Å²) >= 11 is 0. The molecule has 0 saturated heterocycles. The number of hydrogen-bond donors (Lipinski definition) is 0. The first-order chi connectivity index (χ1) is 16.2. The van der Waals surface area contributed by atoms with Gasteiger partial charge >= 0.3 is 15.6 Å². The van der Waals surface area contributed by atoms with Crippen LogP contribution in [0.1, 0.15) is 58.2 Å². The number of benzene rings is 3. The van der Waals surface area contributed by atoms with Gasteiger partial charge in [0.1, 0.15) is 0 Å². The molecule has 4 rings (SSSR count). The zero-order valence-corrected chi connectivity index (χ0v) is 19.7. The van der Waals surface area contributed by atoms with E-state index in [1.807, 2.05) is 30.3 Å². The molecule has 10 heteroatoms. The molecule has 35 heavy (non-hydrogen) atoms. The van der Waals surface area contributed by atoms with Gasteiger partial charge < -0.3 is 0 Å². The van der Waals surface area contributed by atoms with Crippen LogP contribution < -0.4 is 0 Å². The highest BCUT2D eigenvalue weighted by molar-refractivity contribution is 7.87. The molecule has 2 amide bonds. The molecule has 3 aromatic carbocycles. The van der Waals surface area contributed by atoms with Gasteiger partial charge in [-0.3, -0.25) is 9.59 Å². The number of nitrogens with zero attached hydrogens (tertiary/aromatic N) is 1. The Bertz CT molecular complexity index is 1460. The van der Waals surface area contributed by atoms with E-state index >= 15 is 0 Å². The van der Waals surface area contributed by atoms with Gasteiger partial charge in [-0.2, -0.15) is 21.6 Å². The van der Waals surface area contributed by atoms with E-state index in [0.29, 0.717) is 10.9 Å². The normalized spacial score (nSPS) is 14.9. The minimum absolute atomic E-state index is 0.00848. The summed E-state index contributed by atoms with van der Waals surface area (Å²) in [5, 5.41) is 0.339. The third kappa shape index (κ3) is 4.46. The monoisotopic (exact) mass is 503 g/mol. The quantitative estimate of drug-likeness (QED) is 0.260. The molecule has 1 heterocycles. The van der Waals surface area contributed by atoms with Gasteiger partial charge in [0, 0.05) is 5.39 Å². The van der Waals surface area contributed by atoms with Crippen molar-refractivity contribution in [1.82, 2.24) is 5.06 Å². The summed E-state index contributed by atoms with van der Waals surface area (Å²) in [5.74, 6) is -2.61. The van der Waals surface area contributed by atoms with Crippen LogP contribution in [0.4, 0.5) is 13.2 Å². The van der Waals surface area contributed by atoms with Crippen LogP contribution in [-0.4, -0.2) is 30.8 Å². The SMILES string of the molecule is CC(C)(C)c1ccc(/C=C/c2ccc3c4c(cccc24)C(=O)N(OS(=O)(=O)C(F)(F)F)C3=O)cc1. The van der Waals surface area contributed by atoms with Crippen molar-refractivity contribution < 1.29 is 35.5 Å². The largest absolute Gasteiger partial charge is 0.525 e. The van der Waals surface area contributed by atoms with Crippen molar-refractivity contribution in [3.8, 4) is 0 Å². The maximum atomic E-state index is 12.8. The van der Waals surface area contributed by atoms with Crippen LogP contribution in [0, 0.1) is 0 Å². The number of rotatable bonds is 4. The Labute approximate surface area is 199 Å². The number of halogens is 3. The second kappa shape index (κ2) is 8.31. The van der Waals surface area contributed by atoms with Gasteiger partial charge in [0.2, 0.25) is 0 Å². The van der Waals surface area contributed by atoms with Gasteiger partial charge in [0.25, 0.3) is 11.8 Å². The van der Waals surface area contributed by atoms with E-state index < -0.39 is 27.4 Å². The van der Waals surface area contributed by atoms with Gasteiger partial charge in [-0.25, -0.2) is 0 Å². The summed E-state index contributed by atoms with van der Waals surface area (Å²) in [5.41, 5.74) is -3.36. The first-order valence-electron chi connectivity index (χ1n) is 10.4. The van der Waals surface area contributed by atoms with Crippen molar-refractivity contribution in [2.24, 2.45) is 0 Å². The third-order valence-corrected chi connectivity index (χ3v) is 6.50. The molecule has 0 aliphatic carbocycles. The molecule has 0 fully saturated rings. The van der Waals surface area contributed by atoms with Gasteiger partial charge in [-0.05, 0) is 39.6 Å². The highest BCUT2D eigenvalue weighted by Gasteiger charge is 2.51. The highest BCUT2D eigenvalue weighted by atomic mass is 32.2. The van der Waals surface area contributed by atoms with Crippen molar-refractivity contribution in [3.63, 3.8) is 0 Å². The summed E-state index contributed by atoms with van der Waals surface area (Å²) in [6.45, 7) is 6.33. The van der Waals surface area contributed by atoms with Crippen LogP contribution in [0.5, 0.6) is 0 Å². The van der Waals surface area contributed by atoms with E-state index in [9.17, 15) is 31.2 Å². The third-order valence-electron chi connectivity index (χ3n) is 5.59. The molecule has 1 aliphatic rings. The minimum Gasteiger partial charge on any atom is -0.266 e. The number of amides is 2. The van der Waals surface area contributed by atoms with E-state index in [4.69, 9.17) is 0 Å². The van der Waals surface area contributed by atoms with Crippen molar-refractivity contribution in [1.29, 1.82) is 0 Å². The lowest BCUT2D eigenvalue weighted by Crippen LogP contribution is -2.44.